The minimum Gasteiger partial charge on any atom is -0.435 e. The SMILES string of the molecule is FC(F)Oc1ccc2c(c1)CCCC2NCc1cnn(-c2ccccc2)n1. The molecule has 1 N–H and O–H groups in total. The third kappa shape index (κ3) is 4.14. The van der Waals surface area contributed by atoms with Crippen molar-refractivity contribution in [2.75, 3.05) is 0 Å². The molecule has 140 valence electrons. The van der Waals surface area contributed by atoms with Crippen molar-refractivity contribution >= 4 is 0 Å². The van der Waals surface area contributed by atoms with Gasteiger partial charge in [-0.2, -0.15) is 23.8 Å². The highest BCUT2D eigenvalue weighted by Crippen LogP contribution is 2.32. The van der Waals surface area contributed by atoms with E-state index in [2.05, 4.69) is 20.3 Å². The Hall–Kier alpha value is -2.80. The molecule has 1 aliphatic carbocycles. The molecule has 1 aliphatic rings. The second-order valence-corrected chi connectivity index (χ2v) is 6.53. The van der Waals surface area contributed by atoms with E-state index in [0.29, 0.717) is 6.54 Å². The van der Waals surface area contributed by atoms with Gasteiger partial charge in [0.15, 0.2) is 0 Å². The lowest BCUT2D eigenvalue weighted by atomic mass is 9.87. The van der Waals surface area contributed by atoms with Crippen molar-refractivity contribution in [1.82, 2.24) is 20.3 Å². The van der Waals surface area contributed by atoms with E-state index in [4.69, 9.17) is 0 Å². The Balaban J connectivity index is 1.43. The number of halogens is 2. The number of benzene rings is 2. The molecule has 1 aromatic heterocycles. The topological polar surface area (TPSA) is 52.0 Å². The van der Waals surface area contributed by atoms with Crippen LogP contribution in [0, 0.1) is 0 Å². The van der Waals surface area contributed by atoms with Crippen molar-refractivity contribution in [2.24, 2.45) is 0 Å². The van der Waals surface area contributed by atoms with E-state index < -0.39 is 6.61 Å². The van der Waals surface area contributed by atoms with Gasteiger partial charge in [-0.15, -0.1) is 0 Å². The molecule has 1 unspecified atom stereocenters. The van der Waals surface area contributed by atoms with E-state index in [1.54, 1.807) is 23.1 Å². The Kier molecular flexibility index (Phi) is 5.11. The van der Waals surface area contributed by atoms with Gasteiger partial charge >= 0.3 is 6.61 Å². The van der Waals surface area contributed by atoms with Crippen LogP contribution in [0.25, 0.3) is 5.69 Å². The van der Waals surface area contributed by atoms with Gasteiger partial charge in [0.1, 0.15) is 5.75 Å². The molecule has 0 spiro atoms. The number of para-hydroxylation sites is 1. The van der Waals surface area contributed by atoms with Crippen LogP contribution in [0.5, 0.6) is 5.75 Å². The number of hydrogen-bond donors (Lipinski definition) is 1. The molecule has 1 atom stereocenters. The van der Waals surface area contributed by atoms with Gasteiger partial charge in [-0.25, -0.2) is 0 Å². The summed E-state index contributed by atoms with van der Waals surface area (Å²) in [6.07, 6.45) is 4.62. The van der Waals surface area contributed by atoms with Gasteiger partial charge in [-0.1, -0.05) is 24.3 Å². The molecule has 0 amide bonds. The molecule has 0 fully saturated rings. The third-order valence-electron chi connectivity index (χ3n) is 4.71. The number of fused-ring (bicyclic) bond motifs is 1. The van der Waals surface area contributed by atoms with E-state index in [0.717, 1.165) is 41.8 Å². The molecule has 5 nitrogen and oxygen atoms in total. The lowest BCUT2D eigenvalue weighted by Crippen LogP contribution is -2.25. The molecule has 7 heteroatoms. The smallest absolute Gasteiger partial charge is 0.387 e. The van der Waals surface area contributed by atoms with Gasteiger partial charge in [-0.3, -0.25) is 0 Å². The lowest BCUT2D eigenvalue weighted by molar-refractivity contribution is -0.0499. The maximum absolute atomic E-state index is 12.4. The van der Waals surface area contributed by atoms with Crippen LogP contribution < -0.4 is 10.1 Å². The molecule has 0 radical (unpaired) electrons. The predicted molar refractivity (Wildman–Crippen MR) is 97.0 cm³/mol. The Morgan fingerprint density at radius 2 is 2.04 bits per heavy atom. The van der Waals surface area contributed by atoms with Gasteiger partial charge in [0.2, 0.25) is 0 Å². The average molecular weight is 370 g/mol. The molecule has 0 aliphatic heterocycles. The summed E-state index contributed by atoms with van der Waals surface area (Å²) in [5.74, 6) is 0.218. The standard InChI is InChI=1S/C20H20F2N4O/c21-20(22)27-17-9-10-18-14(11-17)5-4-8-19(18)23-12-15-13-24-26(25-15)16-6-2-1-3-7-16/h1-3,6-7,9-11,13,19-20,23H,4-5,8,12H2. The van der Waals surface area contributed by atoms with Crippen LogP contribution in [-0.4, -0.2) is 21.6 Å². The number of rotatable bonds is 6. The zero-order valence-electron chi connectivity index (χ0n) is 14.7. The summed E-state index contributed by atoms with van der Waals surface area (Å²) in [4.78, 5) is 1.61. The highest BCUT2D eigenvalue weighted by atomic mass is 19.3. The van der Waals surface area contributed by atoms with E-state index in [1.165, 1.54) is 0 Å². The number of aryl methyl sites for hydroxylation is 1. The van der Waals surface area contributed by atoms with Crippen molar-refractivity contribution in [3.8, 4) is 11.4 Å². The van der Waals surface area contributed by atoms with E-state index in [9.17, 15) is 8.78 Å². The molecule has 27 heavy (non-hydrogen) atoms. The predicted octanol–water partition coefficient (Wildman–Crippen LogP) is 4.04. The Labute approximate surface area is 156 Å². The van der Waals surface area contributed by atoms with Crippen LogP contribution in [0.4, 0.5) is 8.78 Å². The maximum atomic E-state index is 12.4. The fraction of sp³-hybridized carbons (Fsp3) is 0.300. The normalized spacial score (nSPS) is 16.3. The molecule has 0 bridgehead atoms. The summed E-state index contributed by atoms with van der Waals surface area (Å²) in [5, 5.41) is 12.3. The zero-order valence-corrected chi connectivity index (χ0v) is 14.7. The number of aromatic nitrogens is 3. The molecule has 4 rings (SSSR count). The maximum Gasteiger partial charge on any atom is 0.387 e. The Bertz CT molecular complexity index is 898. The van der Waals surface area contributed by atoms with E-state index >= 15 is 0 Å². The second-order valence-electron chi connectivity index (χ2n) is 6.53. The van der Waals surface area contributed by atoms with Crippen LogP contribution in [0.3, 0.4) is 0 Å². The van der Waals surface area contributed by atoms with Gasteiger partial charge < -0.3 is 10.1 Å². The first-order valence-electron chi connectivity index (χ1n) is 8.97. The van der Waals surface area contributed by atoms with Crippen LogP contribution in [0.2, 0.25) is 0 Å². The highest BCUT2D eigenvalue weighted by molar-refractivity contribution is 5.39. The number of alkyl halides is 2. The largest absolute Gasteiger partial charge is 0.435 e. The molecule has 0 saturated carbocycles. The van der Waals surface area contributed by atoms with Gasteiger partial charge in [-0.05, 0) is 54.7 Å². The number of ether oxygens (including phenoxy) is 1. The fourth-order valence-electron chi connectivity index (χ4n) is 3.47. The molecule has 3 aromatic rings. The molecule has 0 saturated heterocycles. The molecule has 2 aromatic carbocycles. The summed E-state index contributed by atoms with van der Waals surface area (Å²) < 4.78 is 29.3. The number of nitrogens with one attached hydrogen (secondary N) is 1. The quantitative estimate of drug-likeness (QED) is 0.712. The Morgan fingerprint density at radius 3 is 2.85 bits per heavy atom. The van der Waals surface area contributed by atoms with E-state index in [1.807, 2.05) is 36.4 Å². The Morgan fingerprint density at radius 1 is 1.19 bits per heavy atom. The first kappa shape index (κ1) is 17.6. The van der Waals surface area contributed by atoms with Crippen LogP contribution in [0.15, 0.2) is 54.7 Å². The van der Waals surface area contributed by atoms with Gasteiger partial charge in [0.25, 0.3) is 0 Å². The van der Waals surface area contributed by atoms with Gasteiger partial charge in [0, 0.05) is 12.6 Å². The molecular weight excluding hydrogens is 350 g/mol. The molecule has 1 heterocycles. The average Bonchev–Trinajstić information content (AvgIpc) is 3.15. The third-order valence-corrected chi connectivity index (χ3v) is 4.71. The zero-order chi connectivity index (χ0) is 18.6. The van der Waals surface area contributed by atoms with E-state index in [-0.39, 0.29) is 11.8 Å². The number of hydrogen-bond acceptors (Lipinski definition) is 4. The molecular formula is C20H20F2N4O. The van der Waals surface area contributed by atoms with Crippen LogP contribution in [-0.2, 0) is 13.0 Å². The summed E-state index contributed by atoms with van der Waals surface area (Å²) in [5.41, 5.74) is 3.96. The minimum absolute atomic E-state index is 0.163. The van der Waals surface area contributed by atoms with Crippen molar-refractivity contribution in [2.45, 2.75) is 38.5 Å². The van der Waals surface area contributed by atoms with Crippen molar-refractivity contribution in [3.63, 3.8) is 0 Å². The lowest BCUT2D eigenvalue weighted by Gasteiger charge is -2.26. The summed E-state index contributed by atoms with van der Waals surface area (Å²) in [7, 11) is 0. The van der Waals surface area contributed by atoms with Crippen molar-refractivity contribution < 1.29 is 13.5 Å². The minimum atomic E-state index is -2.80. The highest BCUT2D eigenvalue weighted by Gasteiger charge is 2.21. The van der Waals surface area contributed by atoms with Crippen molar-refractivity contribution in [3.05, 3.63) is 71.5 Å². The van der Waals surface area contributed by atoms with Crippen LogP contribution >= 0.6 is 0 Å². The summed E-state index contributed by atoms with van der Waals surface area (Å²) in [6, 6.07) is 15.1. The van der Waals surface area contributed by atoms with Crippen molar-refractivity contribution in [1.29, 1.82) is 0 Å². The first-order chi connectivity index (χ1) is 13.2. The first-order valence-corrected chi connectivity index (χ1v) is 8.97. The fourth-order valence-corrected chi connectivity index (χ4v) is 3.47. The summed E-state index contributed by atoms with van der Waals surface area (Å²) >= 11 is 0. The van der Waals surface area contributed by atoms with Crippen LogP contribution in [0.1, 0.15) is 35.7 Å². The monoisotopic (exact) mass is 370 g/mol. The number of nitrogens with zero attached hydrogens (tertiary/aromatic N) is 3. The second kappa shape index (κ2) is 7.84. The van der Waals surface area contributed by atoms with Gasteiger partial charge in [0.05, 0.1) is 17.6 Å². The summed E-state index contributed by atoms with van der Waals surface area (Å²) in [6.45, 7) is -2.21.